The van der Waals surface area contributed by atoms with Crippen molar-refractivity contribution >= 4 is 23.4 Å². The summed E-state index contributed by atoms with van der Waals surface area (Å²) in [5.41, 5.74) is 7.17. The van der Waals surface area contributed by atoms with Gasteiger partial charge in [-0.1, -0.05) is 35.4 Å². The molecule has 1 amide bonds. The first-order chi connectivity index (χ1) is 12.8. The molecule has 140 valence electrons. The van der Waals surface area contributed by atoms with E-state index in [1.807, 2.05) is 30.7 Å². The van der Waals surface area contributed by atoms with E-state index in [0.29, 0.717) is 5.75 Å². The number of thioether (sulfide) groups is 1. The number of aromatic nitrogens is 2. The van der Waals surface area contributed by atoms with Crippen LogP contribution in [0.15, 0.2) is 47.4 Å². The summed E-state index contributed by atoms with van der Waals surface area (Å²) in [6, 6.07) is 14.5. The lowest BCUT2D eigenvalue weighted by molar-refractivity contribution is -0.113. The summed E-state index contributed by atoms with van der Waals surface area (Å²) in [5.74, 6) is 0.355. The highest BCUT2D eigenvalue weighted by Crippen LogP contribution is 2.26. The Morgan fingerprint density at radius 2 is 1.67 bits per heavy atom. The van der Waals surface area contributed by atoms with Crippen LogP contribution in [-0.2, 0) is 4.79 Å². The highest BCUT2D eigenvalue weighted by molar-refractivity contribution is 8.00. The van der Waals surface area contributed by atoms with Crippen LogP contribution in [0.2, 0.25) is 0 Å². The Hall–Kier alpha value is -2.53. The zero-order chi connectivity index (χ0) is 19.6. The van der Waals surface area contributed by atoms with Crippen LogP contribution >= 0.6 is 11.8 Å². The summed E-state index contributed by atoms with van der Waals surface area (Å²) in [4.78, 5) is 13.6. The number of hydrogen-bond acceptors (Lipinski definition) is 3. The lowest BCUT2D eigenvalue weighted by Gasteiger charge is -2.09. The number of hydrogen-bond donors (Lipinski definition) is 1. The third-order valence-electron chi connectivity index (χ3n) is 4.52. The molecule has 0 spiro atoms. The third kappa shape index (κ3) is 4.42. The molecular formula is C22H25N3OS. The smallest absolute Gasteiger partial charge is 0.234 e. The van der Waals surface area contributed by atoms with E-state index in [1.54, 1.807) is 11.8 Å². The summed E-state index contributed by atoms with van der Waals surface area (Å²) in [6.45, 7) is 10.1. The van der Waals surface area contributed by atoms with E-state index in [-0.39, 0.29) is 5.91 Å². The third-order valence-corrected chi connectivity index (χ3v) is 5.70. The van der Waals surface area contributed by atoms with Crippen molar-refractivity contribution in [3.05, 3.63) is 70.5 Å². The Morgan fingerprint density at radius 1 is 1.00 bits per heavy atom. The molecule has 0 aliphatic rings. The number of anilines is 1. The Labute approximate surface area is 165 Å². The number of amides is 1. The summed E-state index contributed by atoms with van der Waals surface area (Å²) in [7, 11) is 0. The van der Waals surface area contributed by atoms with Gasteiger partial charge in [-0.25, -0.2) is 4.68 Å². The molecule has 0 radical (unpaired) electrons. The van der Waals surface area contributed by atoms with Gasteiger partial charge in [0.25, 0.3) is 0 Å². The Bertz CT molecular complexity index is 974. The molecule has 0 saturated carbocycles. The second-order valence-corrected chi connectivity index (χ2v) is 7.92. The molecule has 0 aliphatic heterocycles. The number of rotatable bonds is 5. The summed E-state index contributed by atoms with van der Waals surface area (Å²) < 4.78 is 1.88. The number of benzene rings is 2. The van der Waals surface area contributed by atoms with Crippen LogP contribution in [0.1, 0.15) is 28.1 Å². The van der Waals surface area contributed by atoms with Gasteiger partial charge in [0.1, 0.15) is 0 Å². The summed E-state index contributed by atoms with van der Waals surface area (Å²) >= 11 is 1.56. The van der Waals surface area contributed by atoms with E-state index >= 15 is 0 Å². The molecule has 4 nitrogen and oxygen atoms in total. The molecule has 3 aromatic rings. The first-order valence-corrected chi connectivity index (χ1v) is 9.97. The quantitative estimate of drug-likeness (QED) is 0.624. The molecule has 0 fully saturated rings. The van der Waals surface area contributed by atoms with Crippen LogP contribution in [0.5, 0.6) is 0 Å². The van der Waals surface area contributed by atoms with Crippen LogP contribution in [0.3, 0.4) is 0 Å². The average Bonchev–Trinajstić information content (AvgIpc) is 2.90. The van der Waals surface area contributed by atoms with Gasteiger partial charge in [0.2, 0.25) is 5.91 Å². The van der Waals surface area contributed by atoms with Crippen molar-refractivity contribution in [3.8, 4) is 5.69 Å². The number of nitrogens with one attached hydrogen (secondary N) is 1. The molecule has 2 aromatic carbocycles. The monoisotopic (exact) mass is 379 g/mol. The fraction of sp³-hybridized carbons (Fsp3) is 0.273. The molecule has 0 atom stereocenters. The SMILES string of the molecule is Cc1ccc(-n2nc(C)c(NC(=O)CSc3ccc(C)cc3C)c2C)cc1. The molecule has 0 bridgehead atoms. The van der Waals surface area contributed by atoms with Crippen molar-refractivity contribution in [1.82, 2.24) is 9.78 Å². The molecule has 1 N–H and O–H groups in total. The molecule has 1 aromatic heterocycles. The lowest BCUT2D eigenvalue weighted by atomic mass is 10.2. The maximum atomic E-state index is 12.5. The Kier molecular flexibility index (Phi) is 5.71. The maximum absolute atomic E-state index is 12.5. The van der Waals surface area contributed by atoms with Crippen LogP contribution in [0, 0.1) is 34.6 Å². The number of aryl methyl sites for hydroxylation is 4. The highest BCUT2D eigenvalue weighted by atomic mass is 32.2. The van der Waals surface area contributed by atoms with Gasteiger partial charge in [-0.15, -0.1) is 11.8 Å². The highest BCUT2D eigenvalue weighted by Gasteiger charge is 2.15. The number of carbonyl (C=O) groups is 1. The molecule has 0 saturated heterocycles. The molecule has 0 unspecified atom stereocenters. The predicted octanol–water partition coefficient (Wildman–Crippen LogP) is 5.15. The van der Waals surface area contributed by atoms with Crippen molar-refractivity contribution in [2.75, 3.05) is 11.1 Å². The second-order valence-electron chi connectivity index (χ2n) is 6.90. The summed E-state index contributed by atoms with van der Waals surface area (Å²) in [5, 5.41) is 7.64. The van der Waals surface area contributed by atoms with Gasteiger partial charge in [0, 0.05) is 4.90 Å². The Balaban J connectivity index is 1.71. The van der Waals surface area contributed by atoms with Crippen LogP contribution in [-0.4, -0.2) is 21.4 Å². The van der Waals surface area contributed by atoms with Crippen LogP contribution in [0.4, 0.5) is 5.69 Å². The van der Waals surface area contributed by atoms with Gasteiger partial charge in [-0.3, -0.25) is 4.79 Å². The first kappa shape index (κ1) is 19.2. The largest absolute Gasteiger partial charge is 0.322 e. The van der Waals surface area contributed by atoms with Gasteiger partial charge < -0.3 is 5.32 Å². The molecular weight excluding hydrogens is 354 g/mol. The molecule has 5 heteroatoms. The van der Waals surface area contributed by atoms with Crippen molar-refractivity contribution < 1.29 is 4.79 Å². The van der Waals surface area contributed by atoms with E-state index in [1.165, 1.54) is 16.7 Å². The predicted molar refractivity (Wildman–Crippen MR) is 113 cm³/mol. The van der Waals surface area contributed by atoms with Crippen molar-refractivity contribution in [2.45, 2.75) is 39.5 Å². The summed E-state index contributed by atoms with van der Waals surface area (Å²) in [6.07, 6.45) is 0. The fourth-order valence-electron chi connectivity index (χ4n) is 3.04. The van der Waals surface area contributed by atoms with Gasteiger partial charge in [0.05, 0.1) is 28.5 Å². The van der Waals surface area contributed by atoms with Crippen molar-refractivity contribution in [2.24, 2.45) is 0 Å². The second kappa shape index (κ2) is 8.01. The normalized spacial score (nSPS) is 10.9. The van der Waals surface area contributed by atoms with Gasteiger partial charge in [0.15, 0.2) is 0 Å². The number of carbonyl (C=O) groups excluding carboxylic acids is 1. The minimum atomic E-state index is -0.0189. The molecule has 27 heavy (non-hydrogen) atoms. The minimum Gasteiger partial charge on any atom is -0.322 e. The zero-order valence-electron chi connectivity index (χ0n) is 16.5. The van der Waals surface area contributed by atoms with Gasteiger partial charge in [-0.05, 0) is 58.4 Å². The number of nitrogens with zero attached hydrogens (tertiary/aromatic N) is 2. The van der Waals surface area contributed by atoms with Crippen molar-refractivity contribution in [1.29, 1.82) is 0 Å². The van der Waals surface area contributed by atoms with Crippen LogP contribution < -0.4 is 5.32 Å². The van der Waals surface area contributed by atoms with Gasteiger partial charge >= 0.3 is 0 Å². The maximum Gasteiger partial charge on any atom is 0.234 e. The van der Waals surface area contributed by atoms with Crippen LogP contribution in [0.25, 0.3) is 5.69 Å². The average molecular weight is 380 g/mol. The van der Waals surface area contributed by atoms with E-state index < -0.39 is 0 Å². The standard InChI is InChI=1S/C22H25N3OS/c1-14-6-9-19(10-7-14)25-18(5)22(17(4)24-25)23-21(26)13-27-20-11-8-15(2)12-16(20)3/h6-12H,13H2,1-5H3,(H,23,26). The van der Waals surface area contributed by atoms with Crippen molar-refractivity contribution in [3.63, 3.8) is 0 Å². The minimum absolute atomic E-state index is 0.0189. The van der Waals surface area contributed by atoms with E-state index in [9.17, 15) is 4.79 Å². The molecule has 1 heterocycles. The van der Waals surface area contributed by atoms with Gasteiger partial charge in [-0.2, -0.15) is 5.10 Å². The van der Waals surface area contributed by atoms with E-state index in [4.69, 9.17) is 0 Å². The van der Waals surface area contributed by atoms with E-state index in [0.717, 1.165) is 27.7 Å². The molecule has 3 rings (SSSR count). The van der Waals surface area contributed by atoms with E-state index in [2.05, 4.69) is 61.5 Å². The molecule has 0 aliphatic carbocycles. The zero-order valence-corrected chi connectivity index (χ0v) is 17.3. The topological polar surface area (TPSA) is 46.9 Å². The Morgan fingerprint density at radius 3 is 2.33 bits per heavy atom. The fourth-order valence-corrected chi connectivity index (χ4v) is 3.85. The lowest BCUT2D eigenvalue weighted by Crippen LogP contribution is -2.15. The first-order valence-electron chi connectivity index (χ1n) is 8.98.